The van der Waals surface area contributed by atoms with Gasteiger partial charge in [-0.3, -0.25) is 0 Å². The molecule has 0 aliphatic heterocycles. The molecule has 2 rings (SSSR count). The van der Waals surface area contributed by atoms with E-state index in [2.05, 4.69) is 28.7 Å². The van der Waals surface area contributed by atoms with E-state index in [4.69, 9.17) is 5.73 Å². The highest BCUT2D eigenvalue weighted by Gasteiger charge is 2.06. The molecule has 5 heteroatoms. The zero-order valence-corrected chi connectivity index (χ0v) is 11.5. The van der Waals surface area contributed by atoms with Gasteiger partial charge in [-0.05, 0) is 17.9 Å². The lowest BCUT2D eigenvalue weighted by molar-refractivity contribution is 0.603. The van der Waals surface area contributed by atoms with E-state index in [0.29, 0.717) is 0 Å². The molecule has 0 amide bonds. The number of rotatable bonds is 6. The number of nitrogens with two attached hydrogens (primary N) is 1. The van der Waals surface area contributed by atoms with Gasteiger partial charge in [-0.25, -0.2) is 4.98 Å². The van der Waals surface area contributed by atoms with Gasteiger partial charge in [-0.15, -0.1) is 22.7 Å². The summed E-state index contributed by atoms with van der Waals surface area (Å²) in [7, 11) is 0. The first-order chi connectivity index (χ1) is 8.29. The van der Waals surface area contributed by atoms with Crippen molar-refractivity contribution in [1.29, 1.82) is 0 Å². The third kappa shape index (κ3) is 3.61. The molecule has 2 aromatic rings. The van der Waals surface area contributed by atoms with E-state index in [1.165, 1.54) is 9.75 Å². The van der Waals surface area contributed by atoms with Crippen LogP contribution < -0.4 is 11.1 Å². The summed E-state index contributed by atoms with van der Waals surface area (Å²) in [4.78, 5) is 6.93. The average Bonchev–Trinajstić information content (AvgIpc) is 3.00. The van der Waals surface area contributed by atoms with Crippen LogP contribution in [0.15, 0.2) is 23.7 Å². The van der Waals surface area contributed by atoms with Gasteiger partial charge in [-0.2, -0.15) is 0 Å². The number of nitrogens with one attached hydrogen (secondary N) is 1. The molecule has 3 nitrogen and oxygen atoms in total. The van der Waals surface area contributed by atoms with Gasteiger partial charge in [0.2, 0.25) is 0 Å². The van der Waals surface area contributed by atoms with Gasteiger partial charge in [-0.1, -0.05) is 13.0 Å². The Balaban J connectivity index is 1.76. The summed E-state index contributed by atoms with van der Waals surface area (Å²) >= 11 is 3.48. The summed E-state index contributed by atoms with van der Waals surface area (Å²) in [5.74, 6) is 0. The molecule has 92 valence electrons. The van der Waals surface area contributed by atoms with Crippen LogP contribution in [-0.2, 0) is 13.0 Å². The second kappa shape index (κ2) is 6.26. The lowest BCUT2D eigenvalue weighted by Crippen LogP contribution is -2.25. The average molecular weight is 267 g/mol. The van der Waals surface area contributed by atoms with Crippen molar-refractivity contribution >= 4 is 22.7 Å². The summed E-state index contributed by atoms with van der Waals surface area (Å²) in [5, 5.41) is 6.55. The first kappa shape index (κ1) is 12.7. The van der Waals surface area contributed by atoms with Crippen molar-refractivity contribution < 1.29 is 0 Å². The van der Waals surface area contributed by atoms with Crippen molar-refractivity contribution in [3.05, 3.63) is 38.5 Å². The van der Waals surface area contributed by atoms with Crippen LogP contribution in [0.4, 0.5) is 0 Å². The van der Waals surface area contributed by atoms with Crippen LogP contribution in [0.3, 0.4) is 0 Å². The van der Waals surface area contributed by atoms with Crippen molar-refractivity contribution in [3.8, 4) is 0 Å². The van der Waals surface area contributed by atoms with Gasteiger partial charge in [0.15, 0.2) is 0 Å². The Morgan fingerprint density at radius 1 is 1.53 bits per heavy atom. The maximum atomic E-state index is 6.07. The minimum Gasteiger partial charge on any atom is -0.322 e. The number of hydrogen-bond donors (Lipinski definition) is 2. The molecular formula is C12H17N3S2. The number of nitrogens with zero attached hydrogens (tertiary/aromatic N) is 1. The van der Waals surface area contributed by atoms with Gasteiger partial charge >= 0.3 is 0 Å². The molecule has 0 radical (unpaired) electrons. The fourth-order valence-corrected chi connectivity index (χ4v) is 3.09. The van der Waals surface area contributed by atoms with Gasteiger partial charge in [0.25, 0.3) is 0 Å². The highest BCUT2D eigenvalue weighted by atomic mass is 32.1. The SMILES string of the molecule is CCc1cnc(CNCC(N)c2cccs2)s1. The van der Waals surface area contributed by atoms with Gasteiger partial charge in [0.05, 0.1) is 6.04 Å². The molecule has 3 N–H and O–H groups in total. The minimum absolute atomic E-state index is 0.0839. The molecule has 0 saturated carbocycles. The molecule has 0 spiro atoms. The van der Waals surface area contributed by atoms with Crippen LogP contribution in [0.5, 0.6) is 0 Å². The monoisotopic (exact) mass is 267 g/mol. The Labute approximate surface area is 110 Å². The van der Waals surface area contributed by atoms with Crippen LogP contribution in [0.25, 0.3) is 0 Å². The van der Waals surface area contributed by atoms with E-state index in [9.17, 15) is 0 Å². The summed E-state index contributed by atoms with van der Waals surface area (Å²) in [5.41, 5.74) is 6.07. The summed E-state index contributed by atoms with van der Waals surface area (Å²) in [6, 6.07) is 4.20. The van der Waals surface area contributed by atoms with Crippen molar-refractivity contribution in [2.24, 2.45) is 5.73 Å². The summed E-state index contributed by atoms with van der Waals surface area (Å²) in [6.45, 7) is 3.75. The van der Waals surface area contributed by atoms with Gasteiger partial charge in [0, 0.05) is 29.0 Å². The van der Waals surface area contributed by atoms with Crippen molar-refractivity contribution in [1.82, 2.24) is 10.3 Å². The largest absolute Gasteiger partial charge is 0.322 e. The normalized spacial score (nSPS) is 12.8. The lowest BCUT2D eigenvalue weighted by atomic mass is 10.2. The molecule has 2 aromatic heterocycles. The van der Waals surface area contributed by atoms with E-state index in [1.807, 2.05) is 12.3 Å². The number of aryl methyl sites for hydroxylation is 1. The quantitative estimate of drug-likeness (QED) is 0.845. The smallest absolute Gasteiger partial charge is 0.107 e. The lowest BCUT2D eigenvalue weighted by Gasteiger charge is -2.09. The predicted octanol–water partition coefficient (Wildman–Crippen LogP) is 2.56. The van der Waals surface area contributed by atoms with E-state index >= 15 is 0 Å². The van der Waals surface area contributed by atoms with Gasteiger partial charge < -0.3 is 11.1 Å². The standard InChI is InChI=1S/C12H17N3S2/c1-2-9-6-15-12(17-9)8-14-7-10(13)11-4-3-5-16-11/h3-6,10,14H,2,7-8,13H2,1H3. The molecule has 0 fully saturated rings. The van der Waals surface area contributed by atoms with E-state index in [-0.39, 0.29) is 6.04 Å². The number of hydrogen-bond acceptors (Lipinski definition) is 5. The Morgan fingerprint density at radius 2 is 2.41 bits per heavy atom. The van der Waals surface area contributed by atoms with E-state index in [0.717, 1.165) is 24.5 Å². The molecule has 0 aliphatic carbocycles. The Kier molecular flexibility index (Phi) is 4.67. The molecule has 0 aromatic carbocycles. The number of thiophene rings is 1. The Bertz CT molecular complexity index is 436. The third-order valence-electron chi connectivity index (χ3n) is 2.50. The zero-order chi connectivity index (χ0) is 12.1. The summed E-state index contributed by atoms with van der Waals surface area (Å²) < 4.78 is 0. The van der Waals surface area contributed by atoms with Crippen LogP contribution in [0.2, 0.25) is 0 Å². The highest BCUT2D eigenvalue weighted by Crippen LogP contribution is 2.16. The topological polar surface area (TPSA) is 50.9 Å². The van der Waals surface area contributed by atoms with Gasteiger partial charge in [0.1, 0.15) is 5.01 Å². The molecule has 17 heavy (non-hydrogen) atoms. The second-order valence-electron chi connectivity index (χ2n) is 3.83. The maximum Gasteiger partial charge on any atom is 0.107 e. The molecule has 0 saturated heterocycles. The zero-order valence-electron chi connectivity index (χ0n) is 9.85. The highest BCUT2D eigenvalue weighted by molar-refractivity contribution is 7.11. The van der Waals surface area contributed by atoms with Crippen LogP contribution in [0.1, 0.15) is 27.7 Å². The fraction of sp³-hybridized carbons (Fsp3) is 0.417. The van der Waals surface area contributed by atoms with Crippen LogP contribution in [-0.4, -0.2) is 11.5 Å². The summed E-state index contributed by atoms with van der Waals surface area (Å²) in [6.07, 6.45) is 3.02. The first-order valence-electron chi connectivity index (χ1n) is 5.73. The second-order valence-corrected chi connectivity index (χ2v) is 6.01. The van der Waals surface area contributed by atoms with E-state index < -0.39 is 0 Å². The van der Waals surface area contributed by atoms with Crippen molar-refractivity contribution in [2.45, 2.75) is 25.9 Å². The van der Waals surface area contributed by atoms with E-state index in [1.54, 1.807) is 22.7 Å². The molecule has 2 heterocycles. The number of thiazole rings is 1. The van der Waals surface area contributed by atoms with Crippen molar-refractivity contribution in [2.75, 3.05) is 6.54 Å². The fourth-order valence-electron chi connectivity index (χ4n) is 1.53. The van der Waals surface area contributed by atoms with Crippen LogP contribution >= 0.6 is 22.7 Å². The third-order valence-corrected chi connectivity index (χ3v) is 4.64. The molecule has 1 atom stereocenters. The minimum atomic E-state index is 0.0839. The molecule has 0 aliphatic rings. The molecule has 0 bridgehead atoms. The van der Waals surface area contributed by atoms with Crippen molar-refractivity contribution in [3.63, 3.8) is 0 Å². The molecular weight excluding hydrogens is 250 g/mol. The Hall–Kier alpha value is -0.750. The molecule has 1 unspecified atom stereocenters. The van der Waals surface area contributed by atoms with Crippen LogP contribution in [0, 0.1) is 0 Å². The Morgan fingerprint density at radius 3 is 3.06 bits per heavy atom. The maximum absolute atomic E-state index is 6.07. The number of aromatic nitrogens is 1. The first-order valence-corrected chi connectivity index (χ1v) is 7.42. The predicted molar refractivity (Wildman–Crippen MR) is 74.4 cm³/mol.